The van der Waals surface area contributed by atoms with Gasteiger partial charge in [-0.1, -0.05) is 13.8 Å². The van der Waals surface area contributed by atoms with Crippen molar-refractivity contribution in [2.24, 2.45) is 0 Å². The number of ether oxygens (including phenoxy) is 3. The molecule has 3 N–H and O–H groups in total. The highest BCUT2D eigenvalue weighted by molar-refractivity contribution is 5.84. The van der Waals surface area contributed by atoms with Crippen LogP contribution in [0.3, 0.4) is 0 Å². The molecule has 7 rings (SSSR count). The van der Waals surface area contributed by atoms with Gasteiger partial charge in [-0.2, -0.15) is 0 Å². The first kappa shape index (κ1) is 32.4. The fourth-order valence-corrected chi connectivity index (χ4v) is 7.21. The van der Waals surface area contributed by atoms with Crippen molar-refractivity contribution in [3.63, 3.8) is 0 Å². The van der Waals surface area contributed by atoms with Crippen LogP contribution in [0, 0.1) is 0 Å². The molecule has 2 aromatic carbocycles. The molecule has 2 fully saturated rings. The molecule has 256 valence electrons. The molecule has 0 saturated carbocycles. The van der Waals surface area contributed by atoms with Crippen molar-refractivity contribution in [3.05, 3.63) is 71.4 Å². The van der Waals surface area contributed by atoms with E-state index in [0.29, 0.717) is 13.1 Å². The molecule has 2 saturated heterocycles. The van der Waals surface area contributed by atoms with Crippen LogP contribution in [0.4, 0.5) is 4.79 Å². The number of aromatic amines is 2. The zero-order valence-corrected chi connectivity index (χ0v) is 28.2. The summed E-state index contributed by atoms with van der Waals surface area (Å²) < 4.78 is 16.2. The van der Waals surface area contributed by atoms with Crippen molar-refractivity contribution in [2.75, 3.05) is 40.5 Å². The van der Waals surface area contributed by atoms with E-state index in [9.17, 15) is 14.4 Å². The lowest BCUT2D eigenvalue weighted by molar-refractivity contribution is -0.136. The number of methoxy groups -OCH3 is 2. The standard InChI is InChI=1S/C36H41N7O6/c1-36(2)17-30(22-9-11-24-25(16-22)40-34(39-24)28-8-6-13-42(28)31(44)19-38-35(46)48-4)49-29-12-10-21(15-23(29)36)26-18-37-33(41-26)27-7-5-14-43(27)32(45)20-47-3/h9-12,15-18,27-28H,5-8,13-14,19-20H2,1-4H3,(H,37,41)(H,38,46)(H,39,40)/t27-,28-/m0/s1. The smallest absolute Gasteiger partial charge is 0.407 e. The third-order valence-electron chi connectivity index (χ3n) is 9.69. The highest BCUT2D eigenvalue weighted by Gasteiger charge is 2.34. The fraction of sp³-hybridized carbons (Fsp3) is 0.417. The first-order valence-electron chi connectivity index (χ1n) is 16.7. The number of nitrogens with zero attached hydrogens (tertiary/aromatic N) is 4. The first-order valence-corrected chi connectivity index (χ1v) is 16.7. The maximum absolute atomic E-state index is 12.9. The van der Waals surface area contributed by atoms with E-state index in [4.69, 9.17) is 14.5 Å². The average Bonchev–Trinajstić information content (AvgIpc) is 3.92. The van der Waals surface area contributed by atoms with Crippen LogP contribution in [0.15, 0.2) is 48.7 Å². The first-order chi connectivity index (χ1) is 23.6. The number of carbonyl (C=O) groups is 3. The summed E-state index contributed by atoms with van der Waals surface area (Å²) in [4.78, 5) is 56.9. The van der Waals surface area contributed by atoms with Crippen molar-refractivity contribution in [3.8, 4) is 17.0 Å². The van der Waals surface area contributed by atoms with Crippen LogP contribution < -0.4 is 10.1 Å². The minimum atomic E-state index is -0.637. The Labute approximate surface area is 284 Å². The summed E-state index contributed by atoms with van der Waals surface area (Å²) in [7, 11) is 2.80. The molecule has 13 heteroatoms. The van der Waals surface area contributed by atoms with Crippen molar-refractivity contribution in [1.29, 1.82) is 0 Å². The topological polar surface area (TPSA) is 155 Å². The molecule has 49 heavy (non-hydrogen) atoms. The Balaban J connectivity index is 1.09. The summed E-state index contributed by atoms with van der Waals surface area (Å²) in [5.74, 6) is 2.83. The summed E-state index contributed by atoms with van der Waals surface area (Å²) >= 11 is 0. The van der Waals surface area contributed by atoms with E-state index >= 15 is 0 Å². The number of likely N-dealkylation sites (tertiary alicyclic amines) is 2. The summed E-state index contributed by atoms with van der Waals surface area (Å²) in [5, 5.41) is 2.47. The second-order valence-corrected chi connectivity index (χ2v) is 13.3. The van der Waals surface area contributed by atoms with Crippen molar-refractivity contribution < 1.29 is 28.6 Å². The Morgan fingerprint density at radius 2 is 1.69 bits per heavy atom. The predicted molar refractivity (Wildman–Crippen MR) is 181 cm³/mol. The van der Waals surface area contributed by atoms with Gasteiger partial charge >= 0.3 is 6.09 Å². The summed E-state index contributed by atoms with van der Waals surface area (Å²) in [6, 6.07) is 11.9. The number of aromatic nitrogens is 4. The Kier molecular flexibility index (Phi) is 8.61. The van der Waals surface area contributed by atoms with Gasteiger partial charge in [0.15, 0.2) is 0 Å². The number of amides is 3. The van der Waals surface area contributed by atoms with Crippen LogP contribution in [0.25, 0.3) is 28.0 Å². The molecule has 0 unspecified atom stereocenters. The summed E-state index contributed by atoms with van der Waals surface area (Å²) in [6.07, 6.45) is 6.76. The molecule has 0 bridgehead atoms. The van der Waals surface area contributed by atoms with Crippen LogP contribution in [0.1, 0.15) is 74.4 Å². The van der Waals surface area contributed by atoms with E-state index in [1.807, 2.05) is 41.4 Å². The highest BCUT2D eigenvalue weighted by Crippen LogP contribution is 2.43. The molecule has 0 spiro atoms. The van der Waals surface area contributed by atoms with Crippen LogP contribution in [-0.4, -0.2) is 88.1 Å². The van der Waals surface area contributed by atoms with Gasteiger partial charge in [-0.15, -0.1) is 0 Å². The number of nitrogens with one attached hydrogen (secondary N) is 3. The molecular weight excluding hydrogens is 626 g/mol. The number of hydrogen-bond acceptors (Lipinski definition) is 8. The van der Waals surface area contributed by atoms with Gasteiger partial charge in [0.05, 0.1) is 42.1 Å². The number of fused-ring (bicyclic) bond motifs is 2. The number of allylic oxidation sites excluding steroid dienone is 1. The van der Waals surface area contributed by atoms with E-state index in [-0.39, 0.29) is 42.5 Å². The van der Waals surface area contributed by atoms with E-state index in [2.05, 4.69) is 51.0 Å². The molecule has 3 aliphatic rings. The Morgan fingerprint density at radius 1 is 0.959 bits per heavy atom. The van der Waals surface area contributed by atoms with E-state index in [0.717, 1.165) is 82.3 Å². The van der Waals surface area contributed by atoms with Gasteiger partial charge in [0.25, 0.3) is 0 Å². The van der Waals surface area contributed by atoms with Crippen LogP contribution in [0.5, 0.6) is 5.75 Å². The largest absolute Gasteiger partial charge is 0.457 e. The molecule has 0 aliphatic carbocycles. The zero-order chi connectivity index (χ0) is 34.3. The van der Waals surface area contributed by atoms with Crippen molar-refractivity contribution >= 4 is 34.7 Å². The number of carbonyl (C=O) groups excluding carboxylic acids is 3. The van der Waals surface area contributed by atoms with Gasteiger partial charge in [-0.25, -0.2) is 14.8 Å². The van der Waals surface area contributed by atoms with Gasteiger partial charge < -0.3 is 39.3 Å². The fourth-order valence-electron chi connectivity index (χ4n) is 7.21. The quantitative estimate of drug-likeness (QED) is 0.237. The third kappa shape index (κ3) is 6.26. The third-order valence-corrected chi connectivity index (χ3v) is 9.69. The normalized spacial score (nSPS) is 19.8. The maximum Gasteiger partial charge on any atom is 0.407 e. The molecular formula is C36H41N7O6. The molecule has 2 aromatic heterocycles. The minimum absolute atomic E-state index is 0.0240. The Bertz CT molecular complexity index is 1940. The summed E-state index contributed by atoms with van der Waals surface area (Å²) in [6.45, 7) is 5.58. The Morgan fingerprint density at radius 3 is 2.45 bits per heavy atom. The number of benzene rings is 2. The van der Waals surface area contributed by atoms with Crippen molar-refractivity contribution in [1.82, 2.24) is 35.1 Å². The lowest BCUT2D eigenvalue weighted by atomic mass is 9.80. The van der Waals surface area contributed by atoms with Crippen LogP contribution >= 0.6 is 0 Å². The second-order valence-electron chi connectivity index (χ2n) is 13.3. The van der Waals surface area contributed by atoms with Crippen LogP contribution in [0.2, 0.25) is 0 Å². The summed E-state index contributed by atoms with van der Waals surface area (Å²) in [5.41, 5.74) is 5.16. The number of alkyl carbamates (subject to hydrolysis) is 1. The molecule has 2 atom stereocenters. The van der Waals surface area contributed by atoms with Gasteiger partial charge in [-0.3, -0.25) is 9.59 Å². The SMILES string of the molecule is COCC(=O)N1CCC[C@H]1c1ncc(-c2ccc3c(c2)C(C)(C)C=C(c2ccc4nc([C@@H]5CCCN5C(=O)CNC(=O)OC)[nH]c4c2)O3)[nH]1. The molecule has 13 nitrogen and oxygen atoms in total. The van der Waals surface area contributed by atoms with Gasteiger partial charge in [0, 0.05) is 42.3 Å². The lowest BCUT2D eigenvalue weighted by Crippen LogP contribution is -2.40. The number of rotatable bonds is 8. The van der Waals surface area contributed by atoms with Gasteiger partial charge in [-0.05, 0) is 68.2 Å². The van der Waals surface area contributed by atoms with Crippen LogP contribution in [-0.2, 0) is 24.5 Å². The van der Waals surface area contributed by atoms with Gasteiger partial charge in [0.2, 0.25) is 11.8 Å². The molecule has 5 heterocycles. The predicted octanol–water partition coefficient (Wildman–Crippen LogP) is 4.99. The van der Waals surface area contributed by atoms with E-state index in [1.54, 1.807) is 4.90 Å². The van der Waals surface area contributed by atoms with Crippen molar-refractivity contribution in [2.45, 2.75) is 57.0 Å². The zero-order valence-electron chi connectivity index (χ0n) is 28.2. The molecule has 4 aromatic rings. The maximum atomic E-state index is 12.9. The molecule has 3 amide bonds. The monoisotopic (exact) mass is 667 g/mol. The van der Waals surface area contributed by atoms with Gasteiger partial charge in [0.1, 0.15) is 36.3 Å². The number of H-pyrrole nitrogens is 2. The molecule has 0 radical (unpaired) electrons. The highest BCUT2D eigenvalue weighted by atomic mass is 16.5. The second kappa shape index (κ2) is 13.0. The minimum Gasteiger partial charge on any atom is -0.457 e. The van der Waals surface area contributed by atoms with E-state index < -0.39 is 6.09 Å². The lowest BCUT2D eigenvalue weighted by Gasteiger charge is -2.31. The van der Waals surface area contributed by atoms with E-state index in [1.165, 1.54) is 14.2 Å². The number of imidazole rings is 2. The molecule has 3 aliphatic heterocycles. The Hall–Kier alpha value is -5.17. The average molecular weight is 668 g/mol. The number of hydrogen-bond donors (Lipinski definition) is 3.